The number of aliphatic hydroxyl groups excluding tert-OH is 1. The minimum absolute atomic E-state index is 0.264. The summed E-state index contributed by atoms with van der Waals surface area (Å²) in [7, 11) is 0.515. The maximum absolute atomic E-state index is 12.7. The largest absolute Gasteiger partial charge is 0.380 e. The number of hydrogen-bond acceptors (Lipinski definition) is 5. The van der Waals surface area contributed by atoms with Gasteiger partial charge >= 0.3 is 0 Å². The second-order valence-electron chi connectivity index (χ2n) is 8.17. The van der Waals surface area contributed by atoms with Gasteiger partial charge < -0.3 is 14.8 Å². The smallest absolute Gasteiger partial charge is 0.232 e. The summed E-state index contributed by atoms with van der Waals surface area (Å²) in [6, 6.07) is 10.7. The number of nitrogens with one attached hydrogen (secondary N) is 1. The van der Waals surface area contributed by atoms with Crippen LogP contribution in [0.2, 0.25) is 0 Å². The van der Waals surface area contributed by atoms with Crippen molar-refractivity contribution in [1.82, 2.24) is 9.97 Å². The highest BCUT2D eigenvalue weighted by atomic mass is 32.2. The molecule has 1 aliphatic rings. The third-order valence-corrected chi connectivity index (χ3v) is 7.73. The lowest BCUT2D eigenvalue weighted by Gasteiger charge is -2.34. The highest BCUT2D eigenvalue weighted by Crippen LogP contribution is 2.28. The quantitative estimate of drug-likeness (QED) is 0.476. The number of ether oxygens (including phenoxy) is 1. The molecule has 3 heterocycles. The highest BCUT2D eigenvalue weighted by Gasteiger charge is 2.32. The summed E-state index contributed by atoms with van der Waals surface area (Å²) in [5.74, 6) is 0. The molecular formula is C21H26N3O4S+. The number of quaternary nitrogens is 1. The molecule has 2 aromatic heterocycles. The SMILES string of the molecule is C[N+](C)(Cc1ccc(S(=O)(=O)C2CCOC2)cc1)C(O)c1cc2cnccc2[nH]1. The Labute approximate surface area is 170 Å². The van der Waals surface area contributed by atoms with Gasteiger partial charge in [-0.05, 0) is 30.7 Å². The monoisotopic (exact) mass is 416 g/mol. The molecule has 3 aromatic rings. The lowest BCUT2D eigenvalue weighted by Crippen LogP contribution is -2.42. The minimum Gasteiger partial charge on any atom is -0.380 e. The summed E-state index contributed by atoms with van der Waals surface area (Å²) < 4.78 is 30.9. The first-order chi connectivity index (χ1) is 13.8. The Kier molecular flexibility index (Phi) is 5.20. The normalized spacial score (nSPS) is 18.9. The topological polar surface area (TPSA) is 92.3 Å². The molecule has 2 atom stereocenters. The molecule has 2 unspecified atom stereocenters. The highest BCUT2D eigenvalue weighted by molar-refractivity contribution is 7.92. The first-order valence-corrected chi connectivity index (χ1v) is 11.2. The molecule has 7 nitrogen and oxygen atoms in total. The van der Waals surface area contributed by atoms with Crippen molar-refractivity contribution >= 4 is 20.7 Å². The molecular weight excluding hydrogens is 390 g/mol. The Hall–Kier alpha value is -2.26. The third-order valence-electron chi connectivity index (χ3n) is 5.55. The van der Waals surface area contributed by atoms with E-state index in [0.29, 0.717) is 29.0 Å². The van der Waals surface area contributed by atoms with Crippen LogP contribution < -0.4 is 0 Å². The van der Waals surface area contributed by atoms with Gasteiger partial charge in [0.15, 0.2) is 9.84 Å². The van der Waals surface area contributed by atoms with Crippen molar-refractivity contribution in [3.8, 4) is 0 Å². The van der Waals surface area contributed by atoms with Gasteiger partial charge in [0, 0.05) is 35.5 Å². The summed E-state index contributed by atoms with van der Waals surface area (Å²) >= 11 is 0. The Morgan fingerprint density at radius 3 is 2.69 bits per heavy atom. The number of pyridine rings is 1. The van der Waals surface area contributed by atoms with Crippen LogP contribution in [0, 0.1) is 0 Å². The molecule has 1 aliphatic heterocycles. The van der Waals surface area contributed by atoms with Crippen molar-refractivity contribution in [3.05, 3.63) is 60.0 Å². The molecule has 154 valence electrons. The first kappa shape index (κ1) is 20.0. The van der Waals surface area contributed by atoms with Crippen LogP contribution in [0.3, 0.4) is 0 Å². The molecule has 0 amide bonds. The second-order valence-corrected chi connectivity index (χ2v) is 10.4. The molecule has 4 rings (SSSR count). The van der Waals surface area contributed by atoms with E-state index in [9.17, 15) is 13.5 Å². The van der Waals surface area contributed by atoms with E-state index < -0.39 is 21.3 Å². The maximum Gasteiger partial charge on any atom is 0.232 e. The van der Waals surface area contributed by atoms with E-state index in [1.165, 1.54) is 0 Å². The molecule has 1 aromatic carbocycles. The van der Waals surface area contributed by atoms with Gasteiger partial charge in [-0.1, -0.05) is 12.1 Å². The molecule has 0 spiro atoms. The summed E-state index contributed by atoms with van der Waals surface area (Å²) in [6.07, 6.45) is 3.25. The number of rotatable bonds is 6. The van der Waals surface area contributed by atoms with Gasteiger partial charge in [0.2, 0.25) is 6.23 Å². The zero-order chi connectivity index (χ0) is 20.6. The average Bonchev–Trinajstić information content (AvgIpc) is 3.37. The van der Waals surface area contributed by atoms with Crippen molar-refractivity contribution in [3.63, 3.8) is 0 Å². The van der Waals surface area contributed by atoms with Crippen molar-refractivity contribution in [2.75, 3.05) is 27.3 Å². The summed E-state index contributed by atoms with van der Waals surface area (Å²) in [4.78, 5) is 7.68. The van der Waals surface area contributed by atoms with E-state index in [1.807, 2.05) is 38.4 Å². The standard InChI is InChI=1S/C21H26N3O4S/c1-24(2,21(25)20-11-16-12-22-9-7-19(16)23-20)13-15-3-5-17(6-4-15)29(26,27)18-8-10-28-14-18/h3-7,9,11-12,18,21,23,25H,8,10,13-14H2,1-2H3/q+1. The molecule has 0 saturated carbocycles. The van der Waals surface area contributed by atoms with Gasteiger partial charge in [-0.25, -0.2) is 8.42 Å². The minimum atomic E-state index is -3.36. The zero-order valence-electron chi connectivity index (χ0n) is 16.6. The van der Waals surface area contributed by atoms with Gasteiger partial charge in [0.25, 0.3) is 0 Å². The summed E-state index contributed by atoms with van der Waals surface area (Å²) in [5, 5.41) is 11.4. The van der Waals surface area contributed by atoms with Crippen LogP contribution in [0.25, 0.3) is 10.9 Å². The third kappa shape index (κ3) is 3.93. The van der Waals surface area contributed by atoms with E-state index in [0.717, 1.165) is 22.2 Å². The van der Waals surface area contributed by atoms with Gasteiger partial charge in [0.05, 0.1) is 30.8 Å². The fraction of sp³-hybridized carbons (Fsp3) is 0.381. The summed E-state index contributed by atoms with van der Waals surface area (Å²) in [6.45, 7) is 1.30. The van der Waals surface area contributed by atoms with Crippen LogP contribution in [0.15, 0.2) is 53.7 Å². The van der Waals surface area contributed by atoms with E-state index in [2.05, 4.69) is 9.97 Å². The van der Waals surface area contributed by atoms with Crippen LogP contribution in [-0.2, 0) is 21.1 Å². The molecule has 0 aliphatic carbocycles. The number of aliphatic hydroxyl groups is 1. The van der Waals surface area contributed by atoms with Crippen LogP contribution in [-0.4, -0.2) is 60.5 Å². The number of H-pyrrole nitrogens is 1. The molecule has 1 saturated heterocycles. The van der Waals surface area contributed by atoms with Crippen LogP contribution in [0.4, 0.5) is 0 Å². The van der Waals surface area contributed by atoms with Crippen LogP contribution in [0.5, 0.6) is 0 Å². The van der Waals surface area contributed by atoms with Crippen molar-refractivity contribution in [2.45, 2.75) is 29.3 Å². The Bertz CT molecular complexity index is 1070. The molecule has 8 heteroatoms. The lowest BCUT2D eigenvalue weighted by molar-refractivity contribution is -0.956. The van der Waals surface area contributed by atoms with Crippen molar-refractivity contribution < 1.29 is 22.7 Å². The molecule has 0 bridgehead atoms. The molecule has 1 fully saturated rings. The van der Waals surface area contributed by atoms with Crippen LogP contribution >= 0.6 is 0 Å². The van der Waals surface area contributed by atoms with Gasteiger partial charge in [-0.2, -0.15) is 0 Å². The fourth-order valence-corrected chi connectivity index (χ4v) is 5.38. The number of hydrogen-bond donors (Lipinski definition) is 2. The number of fused-ring (bicyclic) bond motifs is 1. The van der Waals surface area contributed by atoms with E-state index in [1.54, 1.807) is 24.5 Å². The Morgan fingerprint density at radius 2 is 2.03 bits per heavy atom. The number of aromatic amines is 1. The predicted octanol–water partition coefficient (Wildman–Crippen LogP) is 2.39. The van der Waals surface area contributed by atoms with Crippen LogP contribution in [0.1, 0.15) is 23.9 Å². The Balaban J connectivity index is 1.51. The predicted molar refractivity (Wildman–Crippen MR) is 110 cm³/mol. The number of sulfone groups is 1. The van der Waals surface area contributed by atoms with Crippen molar-refractivity contribution in [1.29, 1.82) is 0 Å². The number of aromatic nitrogens is 2. The fourth-order valence-electron chi connectivity index (χ4n) is 3.80. The molecule has 2 N–H and O–H groups in total. The summed E-state index contributed by atoms with van der Waals surface area (Å²) in [5.41, 5.74) is 2.60. The van der Waals surface area contributed by atoms with E-state index in [4.69, 9.17) is 4.74 Å². The Morgan fingerprint density at radius 1 is 1.28 bits per heavy atom. The number of nitrogens with zero attached hydrogens (tertiary/aromatic N) is 2. The van der Waals surface area contributed by atoms with E-state index in [-0.39, 0.29) is 6.61 Å². The molecule has 29 heavy (non-hydrogen) atoms. The zero-order valence-corrected chi connectivity index (χ0v) is 17.4. The van der Waals surface area contributed by atoms with E-state index >= 15 is 0 Å². The van der Waals surface area contributed by atoms with Gasteiger partial charge in [-0.3, -0.25) is 9.47 Å². The maximum atomic E-state index is 12.7. The first-order valence-electron chi connectivity index (χ1n) is 9.61. The van der Waals surface area contributed by atoms with Gasteiger partial charge in [-0.15, -0.1) is 0 Å². The van der Waals surface area contributed by atoms with Crippen molar-refractivity contribution in [2.24, 2.45) is 0 Å². The average molecular weight is 417 g/mol. The number of benzene rings is 1. The second kappa shape index (κ2) is 7.53. The lowest BCUT2D eigenvalue weighted by atomic mass is 10.2. The van der Waals surface area contributed by atoms with Gasteiger partial charge in [0.1, 0.15) is 12.2 Å². The molecule has 0 radical (unpaired) electrons.